The van der Waals surface area contributed by atoms with Gasteiger partial charge >= 0.3 is 5.97 Å². The van der Waals surface area contributed by atoms with Crippen molar-refractivity contribution in [3.05, 3.63) is 191 Å². The van der Waals surface area contributed by atoms with Crippen LogP contribution in [-0.2, 0) is 26.4 Å². The van der Waals surface area contributed by atoms with E-state index in [2.05, 4.69) is 0 Å². The number of hydrogen-bond donors (Lipinski definition) is 1. The van der Waals surface area contributed by atoms with Gasteiger partial charge in [-0.2, -0.15) is 0 Å². The lowest BCUT2D eigenvalue weighted by Crippen LogP contribution is -2.12. The number of aromatic carboxylic acids is 1. The number of benzene rings is 6. The van der Waals surface area contributed by atoms with Gasteiger partial charge in [0.05, 0.1) is 5.56 Å². The van der Waals surface area contributed by atoms with E-state index in [1.54, 1.807) is 18.2 Å². The quantitative estimate of drug-likeness (QED) is 0.111. The number of carbonyl (C=O) groups is 2. The molecule has 7 nitrogen and oxygen atoms in total. The van der Waals surface area contributed by atoms with Crippen LogP contribution in [0, 0.1) is 0 Å². The summed E-state index contributed by atoms with van der Waals surface area (Å²) in [6.45, 7) is 0.784. The molecule has 244 valence electrons. The Morgan fingerprint density at radius 1 is 0.408 bits per heavy atom. The van der Waals surface area contributed by atoms with E-state index < -0.39 is 11.8 Å². The third-order valence-electron chi connectivity index (χ3n) is 7.69. The summed E-state index contributed by atoms with van der Waals surface area (Å²) in [6, 6.07) is 46.0. The number of rotatable bonds is 15. The largest absolute Gasteiger partial charge is 0.488 e. The molecule has 49 heavy (non-hydrogen) atoms. The summed E-state index contributed by atoms with van der Waals surface area (Å²) in [5, 5.41) is 9.98. The van der Waals surface area contributed by atoms with Crippen LogP contribution in [0.4, 0.5) is 0 Å². The van der Waals surface area contributed by atoms with Gasteiger partial charge in [0.2, 0.25) is 5.78 Å². The van der Waals surface area contributed by atoms with E-state index in [4.69, 9.17) is 18.9 Å². The van der Waals surface area contributed by atoms with Gasteiger partial charge < -0.3 is 24.1 Å². The number of ketones is 1. The predicted octanol–water partition coefficient (Wildman–Crippen LogP) is 8.93. The molecule has 0 saturated carbocycles. The molecule has 0 fully saturated rings. The van der Waals surface area contributed by atoms with Gasteiger partial charge in [-0.15, -0.1) is 0 Å². The van der Waals surface area contributed by atoms with Crippen molar-refractivity contribution in [1.82, 2.24) is 0 Å². The number of carbonyl (C=O) groups excluding carboxylic acids is 1. The minimum Gasteiger partial charge on any atom is -0.488 e. The lowest BCUT2D eigenvalue weighted by Gasteiger charge is -2.18. The third kappa shape index (κ3) is 8.73. The van der Waals surface area contributed by atoms with Gasteiger partial charge in [-0.05, 0) is 52.6 Å². The molecule has 1 N–H and O–H groups in total. The summed E-state index contributed by atoms with van der Waals surface area (Å²) in [6.07, 6.45) is 0. The lowest BCUT2D eigenvalue weighted by molar-refractivity contribution is 0.0695. The maximum absolute atomic E-state index is 14.5. The summed E-state index contributed by atoms with van der Waals surface area (Å²) < 4.78 is 24.8. The van der Waals surface area contributed by atoms with Crippen LogP contribution in [0.15, 0.2) is 152 Å². The molecular weight excluding hydrogens is 616 g/mol. The maximum atomic E-state index is 14.5. The van der Waals surface area contributed by atoms with Crippen LogP contribution in [0.25, 0.3) is 0 Å². The zero-order valence-electron chi connectivity index (χ0n) is 26.7. The second kappa shape index (κ2) is 16.0. The van der Waals surface area contributed by atoms with Crippen LogP contribution in [0.1, 0.15) is 48.5 Å². The van der Waals surface area contributed by atoms with E-state index in [1.807, 2.05) is 121 Å². The summed E-state index contributed by atoms with van der Waals surface area (Å²) >= 11 is 0. The molecule has 0 bridgehead atoms. The second-order valence-electron chi connectivity index (χ2n) is 11.2. The highest BCUT2D eigenvalue weighted by atomic mass is 16.5. The Bertz CT molecular complexity index is 1930. The molecule has 0 saturated heterocycles. The first-order valence-electron chi connectivity index (χ1n) is 15.8. The minimum atomic E-state index is -1.18. The molecule has 6 aromatic rings. The molecule has 0 aliphatic rings. The minimum absolute atomic E-state index is 0.0702. The number of carboxylic acid groups (broad SMARTS) is 1. The molecule has 0 heterocycles. The summed E-state index contributed by atoms with van der Waals surface area (Å²) in [4.78, 5) is 26.7. The average molecular weight is 651 g/mol. The molecule has 0 amide bonds. The molecular formula is C42H34O7. The van der Waals surface area contributed by atoms with E-state index in [9.17, 15) is 14.7 Å². The Morgan fingerprint density at radius 2 is 0.755 bits per heavy atom. The lowest BCUT2D eigenvalue weighted by atomic mass is 9.98. The maximum Gasteiger partial charge on any atom is 0.335 e. The summed E-state index contributed by atoms with van der Waals surface area (Å²) in [7, 11) is 0. The summed E-state index contributed by atoms with van der Waals surface area (Å²) in [5.41, 5.74) is 3.95. The van der Waals surface area contributed by atoms with Gasteiger partial charge in [0, 0.05) is 5.56 Å². The van der Waals surface area contributed by atoms with Crippen molar-refractivity contribution in [1.29, 1.82) is 0 Å². The fourth-order valence-corrected chi connectivity index (χ4v) is 5.13. The highest BCUT2D eigenvalue weighted by Gasteiger charge is 2.25. The Labute approximate surface area is 284 Å². The van der Waals surface area contributed by atoms with E-state index in [-0.39, 0.29) is 48.0 Å². The van der Waals surface area contributed by atoms with Crippen molar-refractivity contribution < 1.29 is 33.6 Å². The van der Waals surface area contributed by atoms with Gasteiger partial charge in [0.15, 0.2) is 11.5 Å². The molecule has 0 spiro atoms. The topological polar surface area (TPSA) is 91.3 Å². The van der Waals surface area contributed by atoms with Gasteiger partial charge in [-0.25, -0.2) is 4.79 Å². The average Bonchev–Trinajstić information content (AvgIpc) is 3.16. The van der Waals surface area contributed by atoms with Crippen LogP contribution in [0.2, 0.25) is 0 Å². The molecule has 6 aromatic carbocycles. The fourth-order valence-electron chi connectivity index (χ4n) is 5.13. The zero-order valence-corrected chi connectivity index (χ0v) is 26.7. The van der Waals surface area contributed by atoms with E-state index >= 15 is 0 Å². The van der Waals surface area contributed by atoms with Crippen molar-refractivity contribution in [2.45, 2.75) is 26.4 Å². The smallest absolute Gasteiger partial charge is 0.335 e. The van der Waals surface area contributed by atoms with Crippen molar-refractivity contribution >= 4 is 11.8 Å². The third-order valence-corrected chi connectivity index (χ3v) is 7.69. The van der Waals surface area contributed by atoms with Crippen molar-refractivity contribution in [3.63, 3.8) is 0 Å². The Kier molecular flexibility index (Phi) is 10.6. The highest BCUT2D eigenvalue weighted by Crippen LogP contribution is 2.37. The molecule has 0 aliphatic carbocycles. The Hall–Kier alpha value is -6.34. The Morgan fingerprint density at radius 3 is 1.14 bits per heavy atom. The Balaban J connectivity index is 1.38. The highest BCUT2D eigenvalue weighted by molar-refractivity contribution is 6.13. The standard InChI is InChI=1S/C42H34O7/c43-41(34-21-22-36(46-26-30-13-5-1-6-14-30)37(23-34)47-27-31-15-7-2-8-16-31)40-38(48-28-32-17-9-3-10-18-32)24-35(42(44)45)25-39(40)49-29-33-19-11-4-12-20-33/h1-25H,26-29H2,(H,44,45). The summed E-state index contributed by atoms with van der Waals surface area (Å²) in [5.74, 6) is -0.572. The first kappa shape index (κ1) is 32.6. The molecule has 0 aromatic heterocycles. The number of ether oxygens (including phenoxy) is 4. The predicted molar refractivity (Wildman–Crippen MR) is 186 cm³/mol. The zero-order chi connectivity index (χ0) is 33.8. The fraction of sp³-hybridized carbons (Fsp3) is 0.0952. The van der Waals surface area contributed by atoms with E-state index in [1.165, 1.54) is 12.1 Å². The monoisotopic (exact) mass is 650 g/mol. The van der Waals surface area contributed by atoms with Crippen LogP contribution in [0.3, 0.4) is 0 Å². The molecule has 7 heteroatoms. The second-order valence-corrected chi connectivity index (χ2v) is 11.2. The van der Waals surface area contributed by atoms with E-state index in [0.717, 1.165) is 22.3 Å². The number of carboxylic acids is 1. The first-order valence-corrected chi connectivity index (χ1v) is 15.8. The SMILES string of the molecule is O=C(O)c1cc(OCc2ccccc2)c(C(=O)c2ccc(OCc3ccccc3)c(OCc3ccccc3)c2)c(OCc2ccccc2)c1. The van der Waals surface area contributed by atoms with Gasteiger partial charge in [0.1, 0.15) is 43.5 Å². The van der Waals surface area contributed by atoms with Gasteiger partial charge in [-0.3, -0.25) is 4.79 Å². The molecule has 6 rings (SSSR count). The molecule has 0 unspecified atom stereocenters. The van der Waals surface area contributed by atoms with Crippen LogP contribution in [0.5, 0.6) is 23.0 Å². The van der Waals surface area contributed by atoms with Gasteiger partial charge in [0.25, 0.3) is 0 Å². The molecule has 0 radical (unpaired) electrons. The van der Waals surface area contributed by atoms with Crippen LogP contribution in [-0.4, -0.2) is 16.9 Å². The van der Waals surface area contributed by atoms with E-state index in [0.29, 0.717) is 18.1 Å². The van der Waals surface area contributed by atoms with Crippen molar-refractivity contribution in [2.24, 2.45) is 0 Å². The molecule has 0 atom stereocenters. The first-order chi connectivity index (χ1) is 24.0. The van der Waals surface area contributed by atoms with Gasteiger partial charge in [-0.1, -0.05) is 121 Å². The van der Waals surface area contributed by atoms with Crippen LogP contribution >= 0.6 is 0 Å². The molecule has 0 aliphatic heterocycles. The van der Waals surface area contributed by atoms with Crippen molar-refractivity contribution in [3.8, 4) is 23.0 Å². The normalized spacial score (nSPS) is 10.6. The van der Waals surface area contributed by atoms with Crippen LogP contribution < -0.4 is 18.9 Å². The van der Waals surface area contributed by atoms with Crippen molar-refractivity contribution in [2.75, 3.05) is 0 Å². The number of hydrogen-bond acceptors (Lipinski definition) is 6.